The Bertz CT molecular complexity index is 718. The van der Waals surface area contributed by atoms with Crippen LogP contribution < -0.4 is 5.32 Å². The van der Waals surface area contributed by atoms with Crippen molar-refractivity contribution < 1.29 is 13.2 Å². The third kappa shape index (κ3) is 4.92. The zero-order chi connectivity index (χ0) is 19.5. The number of halogens is 2. The van der Waals surface area contributed by atoms with Crippen LogP contribution in [-0.4, -0.2) is 21.0 Å². The number of anilines is 1. The Morgan fingerprint density at radius 3 is 2.04 bits per heavy atom. The topological polar surface area (TPSA) is 21.3 Å². The molecule has 0 aromatic heterocycles. The van der Waals surface area contributed by atoms with Gasteiger partial charge >= 0.3 is 0 Å². The van der Waals surface area contributed by atoms with Gasteiger partial charge in [-0.15, -0.1) is 0 Å². The summed E-state index contributed by atoms with van der Waals surface area (Å²) in [6, 6.07) is 11.0. The van der Waals surface area contributed by atoms with Crippen molar-refractivity contribution >= 4 is 14.0 Å². The van der Waals surface area contributed by atoms with Gasteiger partial charge in [0.1, 0.15) is 11.6 Å². The second-order valence-electron chi connectivity index (χ2n) is 8.24. The maximum Gasteiger partial charge on any atom is 0.192 e. The van der Waals surface area contributed by atoms with Gasteiger partial charge in [-0.05, 0) is 54.9 Å². The summed E-state index contributed by atoms with van der Waals surface area (Å²) < 4.78 is 34.1. The molecular weight excluding hydrogens is 348 g/mol. The minimum absolute atomic E-state index is 0.00804. The van der Waals surface area contributed by atoms with Crippen LogP contribution in [0.5, 0.6) is 0 Å². The predicted molar refractivity (Wildman–Crippen MR) is 108 cm³/mol. The molecule has 1 atom stereocenters. The SMILES string of the molecule is CC(CNc1ccc(-c2c(F)cccc2F)cc1)O[Si](C)(C)C(C)(C)C. The molecule has 0 heterocycles. The minimum atomic E-state index is -1.80. The minimum Gasteiger partial charge on any atom is -0.412 e. The highest BCUT2D eigenvalue weighted by Gasteiger charge is 2.38. The molecular formula is C21H29F2NOSi. The summed E-state index contributed by atoms with van der Waals surface area (Å²) in [5, 5.41) is 3.51. The first-order valence-electron chi connectivity index (χ1n) is 8.97. The van der Waals surface area contributed by atoms with Crippen LogP contribution in [0.2, 0.25) is 18.1 Å². The van der Waals surface area contributed by atoms with Crippen LogP contribution in [0.4, 0.5) is 14.5 Å². The van der Waals surface area contributed by atoms with Gasteiger partial charge in [-0.1, -0.05) is 39.0 Å². The van der Waals surface area contributed by atoms with E-state index in [4.69, 9.17) is 4.43 Å². The van der Waals surface area contributed by atoms with Crippen LogP contribution in [0.1, 0.15) is 27.7 Å². The molecule has 142 valence electrons. The molecule has 1 N–H and O–H groups in total. The first-order chi connectivity index (χ1) is 12.0. The molecule has 2 nitrogen and oxygen atoms in total. The summed E-state index contributed by atoms with van der Waals surface area (Å²) >= 11 is 0. The van der Waals surface area contributed by atoms with Crippen LogP contribution in [0.25, 0.3) is 11.1 Å². The first-order valence-corrected chi connectivity index (χ1v) is 11.9. The predicted octanol–water partition coefficient (Wildman–Crippen LogP) is 6.45. The molecule has 0 aliphatic rings. The van der Waals surface area contributed by atoms with Gasteiger partial charge in [0.15, 0.2) is 8.32 Å². The largest absolute Gasteiger partial charge is 0.412 e. The van der Waals surface area contributed by atoms with Crippen molar-refractivity contribution in [2.45, 2.75) is 51.9 Å². The fourth-order valence-electron chi connectivity index (χ4n) is 2.51. The Balaban J connectivity index is 2.00. The van der Waals surface area contributed by atoms with Gasteiger partial charge in [0, 0.05) is 12.2 Å². The molecule has 2 aromatic rings. The smallest absolute Gasteiger partial charge is 0.192 e. The second-order valence-corrected chi connectivity index (χ2v) is 13.0. The molecule has 2 aromatic carbocycles. The summed E-state index contributed by atoms with van der Waals surface area (Å²) in [7, 11) is -1.80. The Morgan fingerprint density at radius 2 is 1.54 bits per heavy atom. The van der Waals surface area contributed by atoms with Crippen molar-refractivity contribution in [3.63, 3.8) is 0 Å². The van der Waals surface area contributed by atoms with E-state index < -0.39 is 20.0 Å². The summed E-state index contributed by atoms with van der Waals surface area (Å²) in [6.07, 6.45) is 0.0829. The highest BCUT2D eigenvalue weighted by Crippen LogP contribution is 2.37. The number of nitrogens with one attached hydrogen (secondary N) is 1. The molecule has 0 saturated carbocycles. The number of hydrogen-bond donors (Lipinski definition) is 1. The lowest BCUT2D eigenvalue weighted by molar-refractivity contribution is 0.211. The fraction of sp³-hybridized carbons (Fsp3) is 0.429. The third-order valence-corrected chi connectivity index (χ3v) is 9.64. The average molecular weight is 378 g/mol. The van der Waals surface area contributed by atoms with E-state index >= 15 is 0 Å². The molecule has 2 rings (SSSR count). The van der Waals surface area contributed by atoms with Gasteiger partial charge < -0.3 is 9.74 Å². The molecule has 0 fully saturated rings. The van der Waals surface area contributed by atoms with Crippen molar-refractivity contribution in [3.8, 4) is 11.1 Å². The van der Waals surface area contributed by atoms with Gasteiger partial charge in [-0.2, -0.15) is 0 Å². The molecule has 26 heavy (non-hydrogen) atoms. The third-order valence-electron chi connectivity index (χ3n) is 5.03. The number of benzene rings is 2. The van der Waals surface area contributed by atoms with Crippen molar-refractivity contribution in [1.29, 1.82) is 0 Å². The van der Waals surface area contributed by atoms with Gasteiger partial charge in [-0.25, -0.2) is 8.78 Å². The molecule has 0 bridgehead atoms. The number of hydrogen-bond acceptors (Lipinski definition) is 2. The van der Waals surface area contributed by atoms with E-state index in [2.05, 4.69) is 46.1 Å². The van der Waals surface area contributed by atoms with E-state index in [0.29, 0.717) is 12.1 Å². The number of rotatable bonds is 6. The van der Waals surface area contributed by atoms with Gasteiger partial charge in [-0.3, -0.25) is 0 Å². The van der Waals surface area contributed by atoms with Gasteiger partial charge in [0.05, 0.1) is 11.7 Å². The van der Waals surface area contributed by atoms with E-state index in [9.17, 15) is 8.78 Å². The van der Waals surface area contributed by atoms with Crippen LogP contribution in [0.15, 0.2) is 42.5 Å². The molecule has 0 spiro atoms. The Labute approximate surface area is 156 Å². The molecule has 0 saturated heterocycles. The van der Waals surface area contributed by atoms with E-state index in [1.54, 1.807) is 12.1 Å². The van der Waals surface area contributed by atoms with Gasteiger partial charge in [0.2, 0.25) is 0 Å². The molecule has 0 amide bonds. The molecule has 0 aliphatic carbocycles. The monoisotopic (exact) mass is 377 g/mol. The zero-order valence-corrected chi connectivity index (χ0v) is 17.5. The maximum atomic E-state index is 13.9. The lowest BCUT2D eigenvalue weighted by atomic mass is 10.0. The quantitative estimate of drug-likeness (QED) is 0.584. The summed E-state index contributed by atoms with van der Waals surface area (Å²) in [5.41, 5.74) is 1.43. The van der Waals surface area contributed by atoms with E-state index in [0.717, 1.165) is 5.69 Å². The van der Waals surface area contributed by atoms with E-state index in [1.807, 2.05) is 12.1 Å². The van der Waals surface area contributed by atoms with Crippen LogP contribution in [0, 0.1) is 11.6 Å². The first kappa shape index (κ1) is 20.6. The summed E-state index contributed by atoms with van der Waals surface area (Å²) in [4.78, 5) is 0. The standard InChI is InChI=1S/C21H29F2NOSi/c1-15(25-26(5,6)21(2,3)4)14-24-17-12-10-16(11-13-17)20-18(22)8-7-9-19(20)23/h7-13,15,24H,14H2,1-6H3. The lowest BCUT2D eigenvalue weighted by Crippen LogP contribution is -2.44. The maximum absolute atomic E-state index is 13.9. The highest BCUT2D eigenvalue weighted by molar-refractivity contribution is 6.74. The Kier molecular flexibility index (Phi) is 6.24. The van der Waals surface area contributed by atoms with Gasteiger partial charge in [0.25, 0.3) is 0 Å². The van der Waals surface area contributed by atoms with Crippen molar-refractivity contribution in [2.24, 2.45) is 0 Å². The lowest BCUT2D eigenvalue weighted by Gasteiger charge is -2.38. The highest BCUT2D eigenvalue weighted by atomic mass is 28.4. The fourth-order valence-corrected chi connectivity index (χ4v) is 3.95. The van der Waals surface area contributed by atoms with Crippen LogP contribution >= 0.6 is 0 Å². The van der Waals surface area contributed by atoms with Crippen molar-refractivity contribution in [2.75, 3.05) is 11.9 Å². The van der Waals surface area contributed by atoms with Crippen molar-refractivity contribution in [3.05, 3.63) is 54.1 Å². The van der Waals surface area contributed by atoms with Crippen LogP contribution in [-0.2, 0) is 4.43 Å². The molecule has 5 heteroatoms. The average Bonchev–Trinajstić information content (AvgIpc) is 2.52. The van der Waals surface area contributed by atoms with Crippen LogP contribution in [0.3, 0.4) is 0 Å². The second kappa shape index (κ2) is 7.88. The molecule has 0 aliphatic heterocycles. The summed E-state index contributed by atoms with van der Waals surface area (Å²) in [5.74, 6) is -1.11. The normalized spacial score (nSPS) is 13.5. The van der Waals surface area contributed by atoms with E-state index in [-0.39, 0.29) is 16.7 Å². The summed E-state index contributed by atoms with van der Waals surface area (Å²) in [6.45, 7) is 13.9. The Hall–Kier alpha value is -1.72. The molecule has 1 unspecified atom stereocenters. The van der Waals surface area contributed by atoms with Crippen molar-refractivity contribution in [1.82, 2.24) is 0 Å². The Morgan fingerprint density at radius 1 is 1.00 bits per heavy atom. The zero-order valence-electron chi connectivity index (χ0n) is 16.5. The van der Waals surface area contributed by atoms with E-state index in [1.165, 1.54) is 18.2 Å². The molecule has 0 radical (unpaired) electrons.